The topological polar surface area (TPSA) is 67.4 Å². The largest absolute Gasteiger partial charge is 0.484 e. The number of carbonyl (C=O) groups excluding carboxylic acids is 2. The number of nitrogens with one attached hydrogen (secondary N) is 2. The van der Waals surface area contributed by atoms with Crippen LogP contribution in [0.25, 0.3) is 0 Å². The van der Waals surface area contributed by atoms with E-state index >= 15 is 0 Å². The van der Waals surface area contributed by atoms with Gasteiger partial charge in [0.15, 0.2) is 6.61 Å². The second kappa shape index (κ2) is 12.1. The number of carbonyl (C=O) groups is 2. The number of aryl methyl sites for hydroxylation is 1. The number of amides is 2. The molecule has 2 aromatic rings. The van der Waals surface area contributed by atoms with Crippen LogP contribution in [0.15, 0.2) is 54.6 Å². The molecule has 28 heavy (non-hydrogen) atoms. The minimum absolute atomic E-state index is 0.126. The number of hydrogen-bond acceptors (Lipinski definition) is 4. The van der Waals surface area contributed by atoms with Gasteiger partial charge in [-0.15, -0.1) is 0 Å². The van der Waals surface area contributed by atoms with Gasteiger partial charge in [-0.2, -0.15) is 11.8 Å². The number of anilines is 1. The first-order valence-electron chi connectivity index (χ1n) is 9.48. The molecule has 2 rings (SSSR count). The van der Waals surface area contributed by atoms with E-state index < -0.39 is 6.04 Å². The van der Waals surface area contributed by atoms with Gasteiger partial charge in [0.05, 0.1) is 0 Å². The summed E-state index contributed by atoms with van der Waals surface area (Å²) in [6.07, 6.45) is 4.63. The van der Waals surface area contributed by atoms with E-state index in [2.05, 4.69) is 17.6 Å². The van der Waals surface area contributed by atoms with Gasteiger partial charge in [-0.3, -0.25) is 9.59 Å². The maximum absolute atomic E-state index is 12.7. The summed E-state index contributed by atoms with van der Waals surface area (Å²) in [5.41, 5.74) is 1.97. The standard InChI is InChI=1S/C22H28N2O3S/c1-3-7-17-10-12-18(13-11-17)23-22(26)20(14-15-28-2)24-21(25)16-27-19-8-5-4-6-9-19/h4-6,8-13,20H,3,7,14-16H2,1-2H3,(H,23,26)(H,24,25). The molecule has 0 aliphatic heterocycles. The molecular formula is C22H28N2O3S. The number of para-hydroxylation sites is 1. The Bertz CT molecular complexity index is 735. The van der Waals surface area contributed by atoms with Gasteiger partial charge < -0.3 is 15.4 Å². The summed E-state index contributed by atoms with van der Waals surface area (Å²) in [5, 5.41) is 5.68. The summed E-state index contributed by atoms with van der Waals surface area (Å²) >= 11 is 1.64. The molecule has 150 valence electrons. The summed E-state index contributed by atoms with van der Waals surface area (Å²) in [6, 6.07) is 16.4. The highest BCUT2D eigenvalue weighted by Gasteiger charge is 2.20. The second-order valence-corrected chi connectivity index (χ2v) is 7.43. The molecule has 0 fully saturated rings. The molecule has 1 atom stereocenters. The predicted molar refractivity (Wildman–Crippen MR) is 116 cm³/mol. The Morgan fingerprint density at radius 2 is 1.79 bits per heavy atom. The molecule has 0 aromatic heterocycles. The maximum atomic E-state index is 12.7. The van der Waals surface area contributed by atoms with E-state index in [1.54, 1.807) is 23.9 Å². The first kappa shape index (κ1) is 21.8. The number of benzene rings is 2. The molecule has 0 bridgehead atoms. The molecule has 0 aliphatic carbocycles. The highest BCUT2D eigenvalue weighted by Crippen LogP contribution is 2.13. The third-order valence-corrected chi connectivity index (χ3v) is 4.78. The van der Waals surface area contributed by atoms with Gasteiger partial charge in [0.25, 0.3) is 5.91 Å². The van der Waals surface area contributed by atoms with Crippen molar-refractivity contribution < 1.29 is 14.3 Å². The number of ether oxygens (including phenoxy) is 1. The van der Waals surface area contributed by atoms with Gasteiger partial charge >= 0.3 is 0 Å². The van der Waals surface area contributed by atoms with E-state index in [-0.39, 0.29) is 18.4 Å². The maximum Gasteiger partial charge on any atom is 0.258 e. The summed E-state index contributed by atoms with van der Waals surface area (Å²) in [7, 11) is 0. The molecule has 0 aliphatic rings. The van der Waals surface area contributed by atoms with Crippen LogP contribution in [0.4, 0.5) is 5.69 Å². The molecule has 0 radical (unpaired) electrons. The Morgan fingerprint density at radius 1 is 1.07 bits per heavy atom. The summed E-state index contributed by atoms with van der Waals surface area (Å²) in [6.45, 7) is 2.01. The van der Waals surface area contributed by atoms with Crippen molar-refractivity contribution in [2.24, 2.45) is 0 Å². The lowest BCUT2D eigenvalue weighted by Gasteiger charge is -2.18. The van der Waals surface area contributed by atoms with Crippen molar-refractivity contribution in [2.45, 2.75) is 32.2 Å². The first-order valence-corrected chi connectivity index (χ1v) is 10.9. The number of thioether (sulfide) groups is 1. The number of hydrogen-bond donors (Lipinski definition) is 2. The smallest absolute Gasteiger partial charge is 0.258 e. The van der Waals surface area contributed by atoms with Crippen LogP contribution in [-0.4, -0.2) is 36.5 Å². The zero-order chi connectivity index (χ0) is 20.2. The lowest BCUT2D eigenvalue weighted by molar-refractivity contribution is -0.127. The molecule has 0 saturated carbocycles. The summed E-state index contributed by atoms with van der Waals surface area (Å²) < 4.78 is 5.46. The van der Waals surface area contributed by atoms with Crippen molar-refractivity contribution in [3.8, 4) is 5.75 Å². The predicted octanol–water partition coefficient (Wildman–Crippen LogP) is 3.89. The lowest BCUT2D eigenvalue weighted by atomic mass is 10.1. The second-order valence-electron chi connectivity index (χ2n) is 6.44. The molecule has 1 unspecified atom stereocenters. The average molecular weight is 401 g/mol. The van der Waals surface area contributed by atoms with Crippen molar-refractivity contribution in [1.82, 2.24) is 5.32 Å². The van der Waals surface area contributed by atoms with Crippen LogP contribution in [0.5, 0.6) is 5.75 Å². The highest BCUT2D eigenvalue weighted by atomic mass is 32.2. The Hall–Kier alpha value is -2.47. The fourth-order valence-electron chi connectivity index (χ4n) is 2.68. The Labute approximate surface area is 171 Å². The van der Waals surface area contributed by atoms with E-state index in [1.807, 2.05) is 48.7 Å². The van der Waals surface area contributed by atoms with Gasteiger partial charge in [-0.05, 0) is 54.7 Å². The molecule has 0 spiro atoms. The van der Waals surface area contributed by atoms with Gasteiger partial charge in [0.1, 0.15) is 11.8 Å². The van der Waals surface area contributed by atoms with Crippen molar-refractivity contribution in [3.63, 3.8) is 0 Å². The normalized spacial score (nSPS) is 11.5. The lowest BCUT2D eigenvalue weighted by Crippen LogP contribution is -2.45. The van der Waals surface area contributed by atoms with Gasteiger partial charge in [-0.25, -0.2) is 0 Å². The fraction of sp³-hybridized carbons (Fsp3) is 0.364. The highest BCUT2D eigenvalue weighted by molar-refractivity contribution is 7.98. The Morgan fingerprint density at radius 3 is 2.43 bits per heavy atom. The van der Waals surface area contributed by atoms with Crippen LogP contribution >= 0.6 is 11.8 Å². The van der Waals surface area contributed by atoms with E-state index in [1.165, 1.54) is 5.56 Å². The Kier molecular flexibility index (Phi) is 9.42. The first-order chi connectivity index (χ1) is 13.6. The molecule has 6 heteroatoms. The average Bonchev–Trinajstić information content (AvgIpc) is 2.72. The van der Waals surface area contributed by atoms with Crippen LogP contribution in [0.3, 0.4) is 0 Å². The molecule has 0 heterocycles. The van der Waals surface area contributed by atoms with E-state index in [4.69, 9.17) is 4.74 Å². The summed E-state index contributed by atoms with van der Waals surface area (Å²) in [4.78, 5) is 24.9. The van der Waals surface area contributed by atoms with Crippen LogP contribution in [0.2, 0.25) is 0 Å². The van der Waals surface area contributed by atoms with Crippen LogP contribution < -0.4 is 15.4 Å². The molecule has 5 nitrogen and oxygen atoms in total. The van der Waals surface area contributed by atoms with Crippen LogP contribution in [0.1, 0.15) is 25.3 Å². The Balaban J connectivity index is 1.91. The van der Waals surface area contributed by atoms with Gasteiger partial charge in [0.2, 0.25) is 5.91 Å². The zero-order valence-electron chi connectivity index (χ0n) is 16.4. The molecular weight excluding hydrogens is 372 g/mol. The SMILES string of the molecule is CCCc1ccc(NC(=O)C(CCSC)NC(=O)COc2ccccc2)cc1. The van der Waals surface area contributed by atoms with Crippen LogP contribution in [0, 0.1) is 0 Å². The third kappa shape index (κ3) is 7.64. The monoisotopic (exact) mass is 400 g/mol. The van der Waals surface area contributed by atoms with Gasteiger partial charge in [-0.1, -0.05) is 43.7 Å². The summed E-state index contributed by atoms with van der Waals surface area (Å²) in [5.74, 6) is 0.858. The third-order valence-electron chi connectivity index (χ3n) is 4.14. The minimum atomic E-state index is -0.602. The quantitative estimate of drug-likeness (QED) is 0.600. The van der Waals surface area contributed by atoms with E-state index in [0.29, 0.717) is 12.2 Å². The molecule has 2 aromatic carbocycles. The molecule has 2 amide bonds. The van der Waals surface area contributed by atoms with E-state index in [9.17, 15) is 9.59 Å². The molecule has 2 N–H and O–H groups in total. The van der Waals surface area contributed by atoms with E-state index in [0.717, 1.165) is 24.3 Å². The zero-order valence-corrected chi connectivity index (χ0v) is 17.3. The van der Waals surface area contributed by atoms with Crippen molar-refractivity contribution in [3.05, 3.63) is 60.2 Å². The van der Waals surface area contributed by atoms with Crippen molar-refractivity contribution >= 4 is 29.3 Å². The molecule has 0 saturated heterocycles. The minimum Gasteiger partial charge on any atom is -0.484 e. The van der Waals surface area contributed by atoms with Gasteiger partial charge in [0, 0.05) is 5.69 Å². The number of rotatable bonds is 11. The fourth-order valence-corrected chi connectivity index (χ4v) is 3.15. The van der Waals surface area contributed by atoms with Crippen LogP contribution in [-0.2, 0) is 16.0 Å². The van der Waals surface area contributed by atoms with Crippen molar-refractivity contribution in [2.75, 3.05) is 23.9 Å². The van der Waals surface area contributed by atoms with Crippen molar-refractivity contribution in [1.29, 1.82) is 0 Å².